The number of anilines is 1. The monoisotopic (exact) mass is 280 g/mol. The molecule has 1 aliphatic carbocycles. The molecule has 0 amide bonds. The quantitative estimate of drug-likeness (QED) is 0.926. The van der Waals surface area contributed by atoms with Crippen molar-refractivity contribution in [3.63, 3.8) is 0 Å². The highest BCUT2D eigenvalue weighted by Crippen LogP contribution is 2.30. The summed E-state index contributed by atoms with van der Waals surface area (Å²) in [5.74, 6) is 0. The highest BCUT2D eigenvalue weighted by Gasteiger charge is 2.29. The van der Waals surface area contributed by atoms with Gasteiger partial charge in [0.05, 0.1) is 17.4 Å². The lowest BCUT2D eigenvalue weighted by molar-refractivity contribution is 0.0328. The number of nitriles is 1. The van der Waals surface area contributed by atoms with Crippen molar-refractivity contribution in [1.82, 2.24) is 0 Å². The van der Waals surface area contributed by atoms with Crippen LogP contribution in [0.4, 0.5) is 5.69 Å². The molecule has 0 bridgehead atoms. The SMILES string of the molecule is COC1CC(Nc2cccc(Br)c2C#N)C1. The fraction of sp³-hybridized carbons (Fsp3) is 0.417. The molecule has 0 radical (unpaired) electrons. The number of benzene rings is 1. The minimum absolute atomic E-state index is 0.371. The van der Waals surface area contributed by atoms with Gasteiger partial charge >= 0.3 is 0 Å². The maximum absolute atomic E-state index is 9.06. The first-order valence-corrected chi connectivity index (χ1v) is 6.02. The van der Waals surface area contributed by atoms with Crippen LogP contribution in [0, 0.1) is 11.3 Å². The van der Waals surface area contributed by atoms with Crippen LogP contribution in [0.3, 0.4) is 0 Å². The van der Waals surface area contributed by atoms with E-state index in [-0.39, 0.29) is 0 Å². The van der Waals surface area contributed by atoms with Crippen molar-refractivity contribution in [2.45, 2.75) is 25.0 Å². The molecule has 2 rings (SSSR count). The fourth-order valence-corrected chi connectivity index (χ4v) is 2.31. The number of ether oxygens (including phenoxy) is 1. The number of hydrogen-bond donors (Lipinski definition) is 1. The Labute approximate surface area is 104 Å². The minimum atomic E-state index is 0.371. The largest absolute Gasteiger partial charge is 0.381 e. The van der Waals surface area contributed by atoms with E-state index < -0.39 is 0 Å². The molecule has 0 saturated heterocycles. The first-order valence-electron chi connectivity index (χ1n) is 5.22. The Hall–Kier alpha value is -1.05. The van der Waals surface area contributed by atoms with Gasteiger partial charge in [0.1, 0.15) is 6.07 Å². The van der Waals surface area contributed by atoms with Crippen molar-refractivity contribution in [3.8, 4) is 6.07 Å². The minimum Gasteiger partial charge on any atom is -0.381 e. The topological polar surface area (TPSA) is 45.0 Å². The number of methoxy groups -OCH3 is 1. The predicted molar refractivity (Wildman–Crippen MR) is 66.3 cm³/mol. The Balaban J connectivity index is 2.06. The molecule has 1 aromatic carbocycles. The van der Waals surface area contributed by atoms with E-state index in [2.05, 4.69) is 27.3 Å². The first-order chi connectivity index (χ1) is 7.74. The van der Waals surface area contributed by atoms with E-state index in [0.29, 0.717) is 17.7 Å². The van der Waals surface area contributed by atoms with E-state index >= 15 is 0 Å². The molecule has 1 N–H and O–H groups in total. The number of nitrogens with zero attached hydrogens (tertiary/aromatic N) is 1. The second kappa shape index (κ2) is 4.86. The summed E-state index contributed by atoms with van der Waals surface area (Å²) in [4.78, 5) is 0. The Morgan fingerprint density at radius 2 is 2.25 bits per heavy atom. The lowest BCUT2D eigenvalue weighted by Crippen LogP contribution is -2.40. The molecule has 16 heavy (non-hydrogen) atoms. The maximum atomic E-state index is 9.06. The number of hydrogen-bond acceptors (Lipinski definition) is 3. The summed E-state index contributed by atoms with van der Waals surface area (Å²) in [5.41, 5.74) is 1.57. The Morgan fingerprint density at radius 1 is 1.50 bits per heavy atom. The van der Waals surface area contributed by atoms with Crippen LogP contribution < -0.4 is 5.32 Å². The van der Waals surface area contributed by atoms with Crippen molar-refractivity contribution >= 4 is 21.6 Å². The van der Waals surface area contributed by atoms with Crippen LogP contribution in [0.25, 0.3) is 0 Å². The van der Waals surface area contributed by atoms with Gasteiger partial charge in [-0.15, -0.1) is 0 Å². The van der Waals surface area contributed by atoms with Crippen LogP contribution in [-0.4, -0.2) is 19.3 Å². The first kappa shape index (κ1) is 11.4. The van der Waals surface area contributed by atoms with Gasteiger partial charge in [0.25, 0.3) is 0 Å². The van der Waals surface area contributed by atoms with Gasteiger partial charge in [0.2, 0.25) is 0 Å². The van der Waals surface area contributed by atoms with Crippen molar-refractivity contribution in [2.24, 2.45) is 0 Å². The van der Waals surface area contributed by atoms with E-state index in [1.165, 1.54) is 0 Å². The van der Waals surface area contributed by atoms with Crippen molar-refractivity contribution < 1.29 is 4.74 Å². The number of rotatable bonds is 3. The van der Waals surface area contributed by atoms with E-state index in [4.69, 9.17) is 10.00 Å². The van der Waals surface area contributed by atoms with E-state index in [9.17, 15) is 0 Å². The highest BCUT2D eigenvalue weighted by molar-refractivity contribution is 9.10. The Kier molecular flexibility index (Phi) is 3.47. The molecule has 0 aliphatic heterocycles. The van der Waals surface area contributed by atoms with Crippen molar-refractivity contribution in [2.75, 3.05) is 12.4 Å². The lowest BCUT2D eigenvalue weighted by Gasteiger charge is -2.35. The van der Waals surface area contributed by atoms with Crippen LogP contribution >= 0.6 is 15.9 Å². The smallest absolute Gasteiger partial charge is 0.103 e. The Bertz CT molecular complexity index is 422. The summed E-state index contributed by atoms with van der Waals surface area (Å²) in [7, 11) is 1.74. The fourth-order valence-electron chi connectivity index (χ4n) is 1.85. The molecule has 1 saturated carbocycles. The van der Waals surface area contributed by atoms with Crippen LogP contribution in [-0.2, 0) is 4.74 Å². The van der Waals surface area contributed by atoms with Gasteiger partial charge in [0.15, 0.2) is 0 Å². The van der Waals surface area contributed by atoms with Crippen molar-refractivity contribution in [3.05, 3.63) is 28.2 Å². The second-order valence-corrected chi connectivity index (χ2v) is 4.80. The van der Waals surface area contributed by atoms with E-state index in [0.717, 1.165) is 23.0 Å². The average molecular weight is 281 g/mol. The molecule has 0 aromatic heterocycles. The van der Waals surface area contributed by atoms with Gasteiger partial charge in [-0.05, 0) is 40.9 Å². The second-order valence-electron chi connectivity index (χ2n) is 3.94. The van der Waals surface area contributed by atoms with Gasteiger partial charge < -0.3 is 10.1 Å². The molecule has 0 heterocycles. The van der Waals surface area contributed by atoms with Crippen LogP contribution in [0.5, 0.6) is 0 Å². The summed E-state index contributed by atoms with van der Waals surface area (Å²) in [5, 5.41) is 12.4. The van der Waals surface area contributed by atoms with Crippen LogP contribution in [0.1, 0.15) is 18.4 Å². The summed E-state index contributed by atoms with van der Waals surface area (Å²) in [6, 6.07) is 8.37. The zero-order valence-corrected chi connectivity index (χ0v) is 10.6. The summed E-state index contributed by atoms with van der Waals surface area (Å²) < 4.78 is 6.06. The maximum Gasteiger partial charge on any atom is 0.103 e. The van der Waals surface area contributed by atoms with Gasteiger partial charge in [-0.1, -0.05) is 6.07 Å². The predicted octanol–water partition coefficient (Wildman–Crippen LogP) is 2.91. The normalized spacial score (nSPS) is 23.3. The molecule has 1 aromatic rings. The number of halogens is 1. The molecule has 1 fully saturated rings. The van der Waals surface area contributed by atoms with E-state index in [1.807, 2.05) is 18.2 Å². The zero-order valence-electron chi connectivity index (χ0n) is 9.03. The van der Waals surface area contributed by atoms with Gasteiger partial charge in [-0.25, -0.2) is 0 Å². The molecule has 4 heteroatoms. The molecule has 0 spiro atoms. The third-order valence-electron chi connectivity index (χ3n) is 2.91. The molecule has 1 aliphatic rings. The molecule has 0 atom stereocenters. The molecular formula is C12H13BrN2O. The van der Waals surface area contributed by atoms with Gasteiger partial charge in [0, 0.05) is 17.6 Å². The summed E-state index contributed by atoms with van der Waals surface area (Å²) >= 11 is 3.38. The number of nitrogens with one attached hydrogen (secondary N) is 1. The third kappa shape index (κ3) is 2.21. The van der Waals surface area contributed by atoms with Gasteiger partial charge in [-0.2, -0.15) is 5.26 Å². The summed E-state index contributed by atoms with van der Waals surface area (Å²) in [6.07, 6.45) is 2.39. The Morgan fingerprint density at radius 3 is 2.88 bits per heavy atom. The van der Waals surface area contributed by atoms with Crippen LogP contribution in [0.2, 0.25) is 0 Å². The zero-order chi connectivity index (χ0) is 11.5. The van der Waals surface area contributed by atoms with E-state index in [1.54, 1.807) is 7.11 Å². The molecular weight excluding hydrogens is 268 g/mol. The third-order valence-corrected chi connectivity index (χ3v) is 3.57. The van der Waals surface area contributed by atoms with Crippen molar-refractivity contribution in [1.29, 1.82) is 5.26 Å². The molecule has 3 nitrogen and oxygen atoms in total. The average Bonchev–Trinajstić information content (AvgIpc) is 2.23. The molecule has 0 unspecified atom stereocenters. The van der Waals surface area contributed by atoms with Crippen LogP contribution in [0.15, 0.2) is 22.7 Å². The lowest BCUT2D eigenvalue weighted by atomic mass is 9.89. The van der Waals surface area contributed by atoms with Gasteiger partial charge in [-0.3, -0.25) is 0 Å². The standard InChI is InChI=1S/C12H13BrN2O/c1-16-9-5-8(6-9)15-12-4-2-3-11(13)10(12)7-14/h2-4,8-9,15H,5-6H2,1H3. The molecule has 84 valence electrons. The summed E-state index contributed by atoms with van der Waals surface area (Å²) in [6.45, 7) is 0. The highest BCUT2D eigenvalue weighted by atomic mass is 79.9.